The minimum atomic E-state index is -0.780. The van der Waals surface area contributed by atoms with E-state index in [1.54, 1.807) is 0 Å². The molecule has 1 unspecified atom stereocenters. The Bertz CT molecular complexity index is 1530. The van der Waals surface area contributed by atoms with Crippen LogP contribution in [0, 0.1) is 0 Å². The number of carbonyl (C=O) groups is 3. The van der Waals surface area contributed by atoms with Gasteiger partial charge in [-0.1, -0.05) is 324 Å². The monoisotopic (exact) mass is 1130 g/mol. The van der Waals surface area contributed by atoms with Crippen LogP contribution in [0.25, 0.3) is 0 Å². The second-order valence-electron chi connectivity index (χ2n) is 23.4. The number of ether oxygens (including phenoxy) is 3. The minimum absolute atomic E-state index is 0.0748. The number of allylic oxidation sites excluding steroid dienone is 14. The Labute approximate surface area is 503 Å². The number of carbonyl (C=O) groups excluding carboxylic acids is 3. The van der Waals surface area contributed by atoms with Gasteiger partial charge in [0.25, 0.3) is 0 Å². The van der Waals surface area contributed by atoms with Gasteiger partial charge in [-0.3, -0.25) is 14.4 Å². The molecule has 0 aliphatic heterocycles. The van der Waals surface area contributed by atoms with E-state index in [1.807, 2.05) is 0 Å². The van der Waals surface area contributed by atoms with Crippen molar-refractivity contribution in [3.05, 3.63) is 85.1 Å². The average Bonchev–Trinajstić information content (AvgIpc) is 3.46. The number of hydrogen-bond donors (Lipinski definition) is 0. The quantitative estimate of drug-likeness (QED) is 0.0261. The average molecular weight is 1130 g/mol. The smallest absolute Gasteiger partial charge is 0.306 e. The van der Waals surface area contributed by atoms with E-state index >= 15 is 0 Å². The Morgan fingerprint density at radius 2 is 0.481 bits per heavy atom. The Balaban J connectivity index is 4.28. The van der Waals surface area contributed by atoms with E-state index < -0.39 is 6.10 Å². The Morgan fingerprint density at radius 1 is 0.259 bits per heavy atom. The molecule has 0 saturated heterocycles. The first kappa shape index (κ1) is 77.6. The number of rotatable bonds is 64. The molecule has 0 rings (SSSR count). The van der Waals surface area contributed by atoms with Crippen LogP contribution in [0.5, 0.6) is 0 Å². The predicted octanol–water partition coefficient (Wildman–Crippen LogP) is 24.2. The fourth-order valence-corrected chi connectivity index (χ4v) is 10.2. The lowest BCUT2D eigenvalue weighted by atomic mass is 10.0. The molecule has 0 aliphatic rings. The summed E-state index contributed by atoms with van der Waals surface area (Å²) < 4.78 is 17.0. The molecule has 0 aliphatic carbocycles. The van der Waals surface area contributed by atoms with Crippen LogP contribution in [0.1, 0.15) is 355 Å². The molecule has 0 aromatic rings. The van der Waals surface area contributed by atoms with E-state index in [0.29, 0.717) is 19.3 Å². The highest BCUT2D eigenvalue weighted by Crippen LogP contribution is 2.17. The topological polar surface area (TPSA) is 78.9 Å². The second-order valence-corrected chi connectivity index (χ2v) is 23.4. The molecular weight excluding hydrogens is 997 g/mol. The molecular formula is C75H132O6. The molecule has 1 atom stereocenters. The summed E-state index contributed by atoms with van der Waals surface area (Å²) in [5.74, 6) is -0.862. The summed E-state index contributed by atoms with van der Waals surface area (Å²) in [6.07, 6.45) is 91.7. The van der Waals surface area contributed by atoms with Gasteiger partial charge in [-0.2, -0.15) is 0 Å². The van der Waals surface area contributed by atoms with Gasteiger partial charge in [-0.25, -0.2) is 0 Å². The molecule has 0 fully saturated rings. The molecule has 0 saturated carbocycles. The van der Waals surface area contributed by atoms with Crippen molar-refractivity contribution in [1.29, 1.82) is 0 Å². The molecule has 0 N–H and O–H groups in total. The van der Waals surface area contributed by atoms with Crippen molar-refractivity contribution in [1.82, 2.24) is 0 Å². The van der Waals surface area contributed by atoms with Crippen molar-refractivity contribution in [2.75, 3.05) is 13.2 Å². The highest BCUT2D eigenvalue weighted by Gasteiger charge is 2.19. The Hall–Kier alpha value is -3.41. The number of unbranched alkanes of at least 4 members (excludes halogenated alkanes) is 39. The maximum Gasteiger partial charge on any atom is 0.306 e. The van der Waals surface area contributed by atoms with Gasteiger partial charge in [0.2, 0.25) is 0 Å². The summed E-state index contributed by atoms with van der Waals surface area (Å²) in [4.78, 5) is 38.4. The largest absolute Gasteiger partial charge is 0.462 e. The lowest BCUT2D eigenvalue weighted by Gasteiger charge is -2.18. The van der Waals surface area contributed by atoms with Gasteiger partial charge in [0.15, 0.2) is 6.10 Å². The molecule has 468 valence electrons. The van der Waals surface area contributed by atoms with Crippen molar-refractivity contribution >= 4 is 17.9 Å². The van der Waals surface area contributed by atoms with E-state index in [4.69, 9.17) is 14.2 Å². The van der Waals surface area contributed by atoms with Gasteiger partial charge in [0.05, 0.1) is 0 Å². The summed E-state index contributed by atoms with van der Waals surface area (Å²) in [5.41, 5.74) is 0. The van der Waals surface area contributed by atoms with Crippen molar-refractivity contribution in [2.45, 2.75) is 361 Å². The Morgan fingerprint density at radius 3 is 0.753 bits per heavy atom. The third kappa shape index (κ3) is 67.3. The van der Waals surface area contributed by atoms with Crippen molar-refractivity contribution < 1.29 is 28.6 Å². The molecule has 0 aromatic carbocycles. The molecule has 0 radical (unpaired) electrons. The molecule has 0 bridgehead atoms. The summed E-state index contributed by atoms with van der Waals surface area (Å²) >= 11 is 0. The molecule has 81 heavy (non-hydrogen) atoms. The summed E-state index contributed by atoms with van der Waals surface area (Å²) in [6, 6.07) is 0. The van der Waals surface area contributed by atoms with Crippen LogP contribution in [-0.2, 0) is 28.6 Å². The zero-order valence-electron chi connectivity index (χ0n) is 53.8. The van der Waals surface area contributed by atoms with Crippen LogP contribution in [0.4, 0.5) is 0 Å². The van der Waals surface area contributed by atoms with Crippen LogP contribution in [0.2, 0.25) is 0 Å². The molecule has 6 heteroatoms. The van der Waals surface area contributed by atoms with E-state index in [2.05, 4.69) is 106 Å². The summed E-state index contributed by atoms with van der Waals surface area (Å²) in [6.45, 7) is 6.56. The van der Waals surface area contributed by atoms with Crippen LogP contribution in [0.3, 0.4) is 0 Å². The lowest BCUT2D eigenvalue weighted by Crippen LogP contribution is -2.30. The van der Waals surface area contributed by atoms with E-state index in [-0.39, 0.29) is 31.1 Å². The third-order valence-electron chi connectivity index (χ3n) is 15.4. The van der Waals surface area contributed by atoms with E-state index in [0.717, 1.165) is 96.3 Å². The van der Waals surface area contributed by atoms with Crippen molar-refractivity contribution in [3.63, 3.8) is 0 Å². The Kier molecular flexibility index (Phi) is 66.2. The van der Waals surface area contributed by atoms with Crippen LogP contribution < -0.4 is 0 Å². The number of esters is 3. The van der Waals surface area contributed by atoms with Gasteiger partial charge in [0, 0.05) is 19.3 Å². The fourth-order valence-electron chi connectivity index (χ4n) is 10.2. The summed E-state index contributed by atoms with van der Waals surface area (Å²) in [5, 5.41) is 0. The molecule has 0 spiro atoms. The molecule has 0 amide bonds. The predicted molar refractivity (Wildman–Crippen MR) is 353 cm³/mol. The standard InChI is InChI=1S/C75H132O6/c1-4-7-10-13-16-19-22-25-27-29-31-33-35-36-37-38-40-41-43-45-47-50-53-56-59-62-65-68-74(77)80-71-72(70-79-73(76)67-64-61-58-55-52-49-24-21-18-15-12-9-6-3)81-75(78)69-66-63-60-57-54-51-48-46-44-42-39-34-32-30-28-26-23-20-17-14-11-8-5-2/h8,11,17,20,22,25-26,28-29,31-32,34-36,72H,4-7,9-10,12-16,18-19,21,23-24,27,30,33,37-71H2,1-3H3/b11-8-,20-17-,25-22-,28-26-,31-29-,34-32-,36-35-. The van der Waals surface area contributed by atoms with E-state index in [9.17, 15) is 14.4 Å². The van der Waals surface area contributed by atoms with Crippen molar-refractivity contribution in [2.24, 2.45) is 0 Å². The van der Waals surface area contributed by atoms with Crippen LogP contribution in [-0.4, -0.2) is 37.2 Å². The van der Waals surface area contributed by atoms with Crippen LogP contribution in [0.15, 0.2) is 85.1 Å². The lowest BCUT2D eigenvalue weighted by molar-refractivity contribution is -0.167. The summed E-state index contributed by atoms with van der Waals surface area (Å²) in [7, 11) is 0. The fraction of sp³-hybridized carbons (Fsp3) is 0.773. The normalized spacial score (nSPS) is 12.6. The maximum absolute atomic E-state index is 13.0. The first-order valence-corrected chi connectivity index (χ1v) is 35.1. The minimum Gasteiger partial charge on any atom is -0.462 e. The maximum atomic E-state index is 13.0. The number of hydrogen-bond acceptors (Lipinski definition) is 6. The van der Waals surface area contributed by atoms with Crippen LogP contribution >= 0.6 is 0 Å². The highest BCUT2D eigenvalue weighted by molar-refractivity contribution is 5.71. The van der Waals surface area contributed by atoms with Gasteiger partial charge >= 0.3 is 17.9 Å². The first-order valence-electron chi connectivity index (χ1n) is 35.1. The SMILES string of the molecule is CC/C=C\C/C=C\C/C=C\C/C=C\CCCCCCCCCCCCC(=O)OC(COC(=O)CCCCCCCCCCCCCCC)COC(=O)CCCCCCCCCCCCCC/C=C\C/C=C\C/C=C\CCCCCCC. The zero-order chi connectivity index (χ0) is 58.5. The van der Waals surface area contributed by atoms with E-state index in [1.165, 1.54) is 218 Å². The molecule has 0 aromatic heterocycles. The van der Waals surface area contributed by atoms with Gasteiger partial charge < -0.3 is 14.2 Å². The van der Waals surface area contributed by atoms with Gasteiger partial charge in [0.1, 0.15) is 13.2 Å². The van der Waals surface area contributed by atoms with Crippen molar-refractivity contribution in [3.8, 4) is 0 Å². The highest BCUT2D eigenvalue weighted by atomic mass is 16.6. The van der Waals surface area contributed by atoms with Gasteiger partial charge in [-0.15, -0.1) is 0 Å². The zero-order valence-corrected chi connectivity index (χ0v) is 53.8. The third-order valence-corrected chi connectivity index (χ3v) is 15.4. The second kappa shape index (κ2) is 69.1. The van der Waals surface area contributed by atoms with Gasteiger partial charge in [-0.05, 0) is 96.3 Å². The molecule has 6 nitrogen and oxygen atoms in total. The first-order chi connectivity index (χ1) is 40.0. The molecule has 0 heterocycles.